The molecule has 0 aromatic carbocycles. The Morgan fingerprint density at radius 2 is 2.08 bits per heavy atom. The van der Waals surface area contributed by atoms with Gasteiger partial charge in [-0.15, -0.1) is 0 Å². The van der Waals surface area contributed by atoms with Crippen molar-refractivity contribution in [3.63, 3.8) is 0 Å². The zero-order chi connectivity index (χ0) is 9.41. The Kier molecular flexibility index (Phi) is 2.03. The summed E-state index contributed by atoms with van der Waals surface area (Å²) in [5.41, 5.74) is 1.91. The van der Waals surface area contributed by atoms with Gasteiger partial charge in [-0.3, -0.25) is 4.79 Å². The molecule has 1 atom stereocenters. The van der Waals surface area contributed by atoms with Crippen molar-refractivity contribution in [1.29, 1.82) is 0 Å². The van der Waals surface area contributed by atoms with Crippen molar-refractivity contribution < 1.29 is 22.7 Å². The molecule has 1 amide bonds. The Morgan fingerprint density at radius 3 is 2.25 bits per heavy atom. The molecule has 1 fully saturated rings. The third kappa shape index (κ3) is 1.16. The van der Waals surface area contributed by atoms with Crippen molar-refractivity contribution in [3.05, 3.63) is 0 Å². The van der Waals surface area contributed by atoms with Crippen LogP contribution in [0, 0.1) is 0 Å². The maximum Gasteiger partial charge on any atom is 0.426 e. The molecular formula is C6H8F3NO2. The number of carbonyl (C=O) groups is 1. The molecule has 1 saturated heterocycles. The fraction of sp³-hybridized carbons (Fsp3) is 0.833. The van der Waals surface area contributed by atoms with Gasteiger partial charge in [-0.05, 0) is 12.8 Å². The number of amides is 1. The molecule has 1 aliphatic heterocycles. The fourth-order valence-electron chi connectivity index (χ4n) is 1.20. The fourth-order valence-corrected chi connectivity index (χ4v) is 1.20. The summed E-state index contributed by atoms with van der Waals surface area (Å²) in [7, 11) is 0. The summed E-state index contributed by atoms with van der Waals surface area (Å²) in [6.07, 6.45) is -4.86. The number of rotatable bonds is 1. The van der Waals surface area contributed by atoms with E-state index in [2.05, 4.69) is 10.5 Å². The predicted octanol–water partition coefficient (Wildman–Crippen LogP) is 0.583. The Bertz CT molecular complexity index is 195. The second kappa shape index (κ2) is 2.62. The van der Waals surface area contributed by atoms with E-state index in [1.54, 1.807) is 0 Å². The molecule has 1 rings (SSSR count). The monoisotopic (exact) mass is 183 g/mol. The maximum absolute atomic E-state index is 12.2. The van der Waals surface area contributed by atoms with Gasteiger partial charge in [0.1, 0.15) is 0 Å². The Balaban J connectivity index is 2.94. The topological polar surface area (TPSA) is 52.3 Å². The van der Waals surface area contributed by atoms with Gasteiger partial charge < -0.3 is 10.5 Å². The first-order valence-corrected chi connectivity index (χ1v) is 3.41. The molecule has 1 unspecified atom stereocenters. The van der Waals surface area contributed by atoms with Gasteiger partial charge in [0, 0.05) is 6.61 Å². The van der Waals surface area contributed by atoms with Crippen molar-refractivity contribution in [3.8, 4) is 0 Å². The highest BCUT2D eigenvalue weighted by atomic mass is 19.4. The van der Waals surface area contributed by atoms with E-state index >= 15 is 0 Å². The Morgan fingerprint density at radius 1 is 1.50 bits per heavy atom. The van der Waals surface area contributed by atoms with Crippen molar-refractivity contribution in [1.82, 2.24) is 0 Å². The van der Waals surface area contributed by atoms with Gasteiger partial charge in [0.05, 0.1) is 0 Å². The van der Waals surface area contributed by atoms with Crippen LogP contribution in [0.1, 0.15) is 12.8 Å². The molecule has 0 spiro atoms. The van der Waals surface area contributed by atoms with E-state index in [0.717, 1.165) is 0 Å². The van der Waals surface area contributed by atoms with Crippen LogP contribution in [0.4, 0.5) is 13.2 Å². The molecule has 70 valence electrons. The van der Waals surface area contributed by atoms with Gasteiger partial charge in [0.2, 0.25) is 5.60 Å². The number of nitrogens with two attached hydrogens (primary N) is 1. The van der Waals surface area contributed by atoms with Crippen LogP contribution in [-0.2, 0) is 9.53 Å². The minimum absolute atomic E-state index is 0.0670. The molecule has 2 N–H and O–H groups in total. The summed E-state index contributed by atoms with van der Waals surface area (Å²) < 4.78 is 41.1. The van der Waals surface area contributed by atoms with Crippen LogP contribution < -0.4 is 5.73 Å². The molecule has 0 aromatic rings. The summed E-state index contributed by atoms with van der Waals surface area (Å²) in [5, 5.41) is 0. The lowest BCUT2D eigenvalue weighted by atomic mass is 9.99. The van der Waals surface area contributed by atoms with Gasteiger partial charge in [-0.1, -0.05) is 0 Å². The number of carbonyl (C=O) groups excluding carboxylic acids is 1. The van der Waals surface area contributed by atoms with E-state index in [-0.39, 0.29) is 19.4 Å². The third-order valence-corrected chi connectivity index (χ3v) is 1.88. The highest BCUT2D eigenvalue weighted by Gasteiger charge is 2.62. The third-order valence-electron chi connectivity index (χ3n) is 1.88. The molecule has 0 bridgehead atoms. The maximum atomic E-state index is 12.2. The highest BCUT2D eigenvalue weighted by Crippen LogP contribution is 2.40. The molecule has 1 aliphatic rings. The first-order valence-electron chi connectivity index (χ1n) is 3.41. The average molecular weight is 183 g/mol. The van der Waals surface area contributed by atoms with Crippen LogP contribution >= 0.6 is 0 Å². The van der Waals surface area contributed by atoms with E-state index in [1.807, 2.05) is 0 Å². The number of hydrogen-bond acceptors (Lipinski definition) is 2. The number of alkyl halides is 3. The average Bonchev–Trinajstić information content (AvgIpc) is 2.31. The molecule has 0 saturated carbocycles. The second-order valence-corrected chi connectivity index (χ2v) is 2.64. The molecule has 6 heteroatoms. The number of halogens is 3. The molecule has 12 heavy (non-hydrogen) atoms. The standard InChI is InChI=1S/C6H8F3NO2/c7-6(8,9)5(4(10)11)2-1-3-12-5/h1-3H2,(H2,10,11). The molecule has 0 aromatic heterocycles. The van der Waals surface area contributed by atoms with Crippen LogP contribution in [0.25, 0.3) is 0 Å². The van der Waals surface area contributed by atoms with E-state index in [4.69, 9.17) is 0 Å². The van der Waals surface area contributed by atoms with Crippen LogP contribution in [0.5, 0.6) is 0 Å². The van der Waals surface area contributed by atoms with Crippen molar-refractivity contribution in [2.75, 3.05) is 6.61 Å². The van der Waals surface area contributed by atoms with Gasteiger partial charge in [-0.2, -0.15) is 13.2 Å². The van der Waals surface area contributed by atoms with Gasteiger partial charge in [0.15, 0.2) is 0 Å². The minimum atomic E-state index is -4.70. The minimum Gasteiger partial charge on any atom is -0.367 e. The SMILES string of the molecule is NC(=O)C1(C(F)(F)F)CCCO1. The molecule has 1 heterocycles. The van der Waals surface area contributed by atoms with E-state index in [9.17, 15) is 18.0 Å². The lowest BCUT2D eigenvalue weighted by Gasteiger charge is -2.26. The molecular weight excluding hydrogens is 175 g/mol. The summed E-state index contributed by atoms with van der Waals surface area (Å²) in [5.74, 6) is -1.45. The van der Waals surface area contributed by atoms with Crippen LogP contribution in [-0.4, -0.2) is 24.3 Å². The molecule has 0 radical (unpaired) electrons. The quantitative estimate of drug-likeness (QED) is 0.646. The molecule has 0 aliphatic carbocycles. The summed E-state index contributed by atoms with van der Waals surface area (Å²) in [4.78, 5) is 10.5. The summed E-state index contributed by atoms with van der Waals surface area (Å²) in [6, 6.07) is 0. The van der Waals surface area contributed by atoms with Crippen molar-refractivity contribution in [2.24, 2.45) is 5.73 Å². The predicted molar refractivity (Wildman–Crippen MR) is 33.2 cm³/mol. The molecule has 3 nitrogen and oxygen atoms in total. The lowest BCUT2D eigenvalue weighted by Crippen LogP contribution is -2.54. The van der Waals surface area contributed by atoms with Crippen molar-refractivity contribution >= 4 is 5.91 Å². The van der Waals surface area contributed by atoms with Gasteiger partial charge in [-0.25, -0.2) is 0 Å². The first kappa shape index (κ1) is 9.31. The lowest BCUT2D eigenvalue weighted by molar-refractivity contribution is -0.252. The zero-order valence-corrected chi connectivity index (χ0v) is 6.15. The first-order chi connectivity index (χ1) is 5.40. The van der Waals surface area contributed by atoms with E-state index < -0.39 is 17.7 Å². The Hall–Kier alpha value is -0.780. The summed E-state index contributed by atoms with van der Waals surface area (Å²) >= 11 is 0. The normalized spacial score (nSPS) is 30.6. The van der Waals surface area contributed by atoms with Crippen LogP contribution in [0.2, 0.25) is 0 Å². The smallest absolute Gasteiger partial charge is 0.367 e. The van der Waals surface area contributed by atoms with Crippen molar-refractivity contribution in [2.45, 2.75) is 24.6 Å². The Labute approximate surface area is 66.7 Å². The second-order valence-electron chi connectivity index (χ2n) is 2.64. The zero-order valence-electron chi connectivity index (χ0n) is 6.15. The largest absolute Gasteiger partial charge is 0.426 e. The highest BCUT2D eigenvalue weighted by molar-refractivity contribution is 5.84. The van der Waals surface area contributed by atoms with E-state index in [0.29, 0.717) is 0 Å². The van der Waals surface area contributed by atoms with Gasteiger partial charge >= 0.3 is 6.18 Å². The number of ether oxygens (including phenoxy) is 1. The van der Waals surface area contributed by atoms with Crippen LogP contribution in [0.15, 0.2) is 0 Å². The van der Waals surface area contributed by atoms with E-state index in [1.165, 1.54) is 0 Å². The van der Waals surface area contributed by atoms with Crippen LogP contribution in [0.3, 0.4) is 0 Å². The number of primary amides is 1. The number of hydrogen-bond donors (Lipinski definition) is 1. The van der Waals surface area contributed by atoms with Gasteiger partial charge in [0.25, 0.3) is 5.91 Å². The summed E-state index contributed by atoms with van der Waals surface area (Å²) in [6.45, 7) is -0.0670.